The Morgan fingerprint density at radius 1 is 1.10 bits per heavy atom. The summed E-state index contributed by atoms with van der Waals surface area (Å²) < 4.78 is 5.44. The summed E-state index contributed by atoms with van der Waals surface area (Å²) in [5.74, 6) is 1.29. The molecule has 2 aromatic heterocycles. The monoisotopic (exact) mass is 387 g/mol. The number of hydrogen-bond donors (Lipinski definition) is 3. The van der Waals surface area contributed by atoms with Gasteiger partial charge in [0.2, 0.25) is 0 Å². The highest BCUT2D eigenvalue weighted by Crippen LogP contribution is 2.32. The van der Waals surface area contributed by atoms with Crippen molar-refractivity contribution < 1.29 is 9.53 Å². The Kier molecular flexibility index (Phi) is 5.38. The summed E-state index contributed by atoms with van der Waals surface area (Å²) in [5.41, 5.74) is 3.76. The standard InChI is InChI=1S/C22H21N5O2/c1-29-20-8-3-2-7-17(20)15-9-10-18-19(14-15)26-27-21(18)25-22(28)24-13-11-16-6-4-5-12-23-16/h2-10,12,14H,11,13H2,1H3,(H3,24,25,26,27,28). The number of carbonyl (C=O) groups is 1. The molecule has 0 radical (unpaired) electrons. The van der Waals surface area contributed by atoms with Crippen molar-refractivity contribution >= 4 is 22.8 Å². The number of H-pyrrole nitrogens is 1. The topological polar surface area (TPSA) is 91.9 Å². The van der Waals surface area contributed by atoms with Gasteiger partial charge in [-0.25, -0.2) is 4.79 Å². The zero-order valence-corrected chi connectivity index (χ0v) is 16.0. The molecule has 0 aliphatic carbocycles. The average molecular weight is 387 g/mol. The molecule has 0 spiro atoms. The van der Waals surface area contributed by atoms with E-state index in [-0.39, 0.29) is 6.03 Å². The maximum absolute atomic E-state index is 12.2. The van der Waals surface area contributed by atoms with Crippen LogP contribution in [-0.4, -0.2) is 34.9 Å². The van der Waals surface area contributed by atoms with Crippen LogP contribution in [0.2, 0.25) is 0 Å². The fraction of sp³-hybridized carbons (Fsp3) is 0.136. The molecule has 4 aromatic rings. The lowest BCUT2D eigenvalue weighted by Gasteiger charge is -2.08. The smallest absolute Gasteiger partial charge is 0.320 e. The third-order valence-electron chi connectivity index (χ3n) is 4.61. The SMILES string of the molecule is COc1ccccc1-c1ccc2c(NC(=O)NCCc3ccccn3)n[nH]c2c1. The number of amides is 2. The predicted molar refractivity (Wildman–Crippen MR) is 113 cm³/mol. The minimum Gasteiger partial charge on any atom is -0.496 e. The van der Waals surface area contributed by atoms with Gasteiger partial charge in [-0.3, -0.25) is 15.4 Å². The van der Waals surface area contributed by atoms with Crippen molar-refractivity contribution in [3.8, 4) is 16.9 Å². The normalized spacial score (nSPS) is 10.7. The summed E-state index contributed by atoms with van der Waals surface area (Å²) in [6.07, 6.45) is 2.41. The number of carbonyl (C=O) groups excluding carboxylic acids is 1. The summed E-state index contributed by atoms with van der Waals surface area (Å²) in [7, 11) is 1.65. The molecule has 0 unspecified atom stereocenters. The van der Waals surface area contributed by atoms with E-state index >= 15 is 0 Å². The van der Waals surface area contributed by atoms with E-state index < -0.39 is 0 Å². The van der Waals surface area contributed by atoms with Crippen LogP contribution in [-0.2, 0) is 6.42 Å². The van der Waals surface area contributed by atoms with Crippen molar-refractivity contribution in [3.05, 3.63) is 72.6 Å². The van der Waals surface area contributed by atoms with Crippen LogP contribution in [0.25, 0.3) is 22.0 Å². The molecule has 2 heterocycles. The number of nitrogens with zero attached hydrogens (tertiary/aromatic N) is 2. The number of nitrogens with one attached hydrogen (secondary N) is 3. The fourth-order valence-electron chi connectivity index (χ4n) is 3.17. The second-order valence-corrected chi connectivity index (χ2v) is 6.48. The highest BCUT2D eigenvalue weighted by atomic mass is 16.5. The van der Waals surface area contributed by atoms with Crippen LogP contribution in [0.3, 0.4) is 0 Å². The van der Waals surface area contributed by atoms with Gasteiger partial charge >= 0.3 is 6.03 Å². The zero-order chi connectivity index (χ0) is 20.1. The lowest BCUT2D eigenvalue weighted by Crippen LogP contribution is -2.30. The second kappa shape index (κ2) is 8.43. The van der Waals surface area contributed by atoms with E-state index in [1.165, 1.54) is 0 Å². The number of ether oxygens (including phenoxy) is 1. The molecule has 146 valence electrons. The van der Waals surface area contributed by atoms with Gasteiger partial charge in [0.25, 0.3) is 0 Å². The van der Waals surface area contributed by atoms with Gasteiger partial charge in [-0.1, -0.05) is 30.3 Å². The number of hydrogen-bond acceptors (Lipinski definition) is 4. The molecule has 0 bridgehead atoms. The Morgan fingerprint density at radius 2 is 1.97 bits per heavy atom. The molecule has 0 saturated carbocycles. The van der Waals surface area contributed by atoms with Crippen molar-refractivity contribution in [3.63, 3.8) is 0 Å². The third-order valence-corrected chi connectivity index (χ3v) is 4.61. The summed E-state index contributed by atoms with van der Waals surface area (Å²) in [4.78, 5) is 16.4. The van der Waals surface area contributed by atoms with Gasteiger partial charge in [0.1, 0.15) is 5.75 Å². The maximum Gasteiger partial charge on any atom is 0.320 e. The highest BCUT2D eigenvalue weighted by molar-refractivity contribution is 6.00. The van der Waals surface area contributed by atoms with E-state index in [1.807, 2.05) is 60.7 Å². The van der Waals surface area contributed by atoms with Crippen LogP contribution >= 0.6 is 0 Å². The second-order valence-electron chi connectivity index (χ2n) is 6.48. The quantitative estimate of drug-likeness (QED) is 0.466. The molecule has 0 saturated heterocycles. The molecule has 0 aliphatic heterocycles. The number of anilines is 1. The van der Waals surface area contributed by atoms with Crippen LogP contribution in [0, 0.1) is 0 Å². The largest absolute Gasteiger partial charge is 0.496 e. The number of rotatable bonds is 6. The third kappa shape index (κ3) is 4.19. The van der Waals surface area contributed by atoms with E-state index in [0.29, 0.717) is 18.8 Å². The van der Waals surface area contributed by atoms with Gasteiger partial charge in [0, 0.05) is 35.8 Å². The van der Waals surface area contributed by atoms with Gasteiger partial charge in [0.05, 0.1) is 12.6 Å². The lowest BCUT2D eigenvalue weighted by atomic mass is 10.0. The van der Waals surface area contributed by atoms with Crippen molar-refractivity contribution in [2.24, 2.45) is 0 Å². The molecule has 7 heteroatoms. The number of aromatic nitrogens is 3. The Morgan fingerprint density at radius 3 is 2.79 bits per heavy atom. The molecule has 2 aromatic carbocycles. The fourth-order valence-corrected chi connectivity index (χ4v) is 3.17. The number of methoxy groups -OCH3 is 1. The van der Waals surface area contributed by atoms with Crippen molar-refractivity contribution in [1.82, 2.24) is 20.5 Å². The summed E-state index contributed by atoms with van der Waals surface area (Å²) in [5, 5.41) is 13.7. The molecule has 7 nitrogen and oxygen atoms in total. The highest BCUT2D eigenvalue weighted by Gasteiger charge is 2.11. The Labute approximate surface area is 168 Å². The van der Waals surface area contributed by atoms with Crippen LogP contribution in [0.15, 0.2) is 66.9 Å². The van der Waals surface area contributed by atoms with E-state index in [9.17, 15) is 4.79 Å². The summed E-state index contributed by atoms with van der Waals surface area (Å²) in [6, 6.07) is 19.2. The molecular weight excluding hydrogens is 366 g/mol. The van der Waals surface area contributed by atoms with E-state index in [2.05, 4.69) is 25.8 Å². The summed E-state index contributed by atoms with van der Waals surface area (Å²) in [6.45, 7) is 0.489. The maximum atomic E-state index is 12.2. The minimum atomic E-state index is -0.303. The van der Waals surface area contributed by atoms with Crippen LogP contribution in [0.1, 0.15) is 5.69 Å². The molecule has 4 rings (SSSR count). The first kappa shape index (κ1) is 18.5. The first-order valence-corrected chi connectivity index (χ1v) is 9.31. The van der Waals surface area contributed by atoms with Crippen molar-refractivity contribution in [1.29, 1.82) is 0 Å². The average Bonchev–Trinajstić information content (AvgIpc) is 3.16. The van der Waals surface area contributed by atoms with E-state index in [1.54, 1.807) is 13.3 Å². The Hall–Kier alpha value is -3.87. The molecule has 0 atom stereocenters. The number of pyridine rings is 1. The molecule has 0 aliphatic rings. The Bertz CT molecular complexity index is 1120. The van der Waals surface area contributed by atoms with Crippen LogP contribution in [0.4, 0.5) is 10.6 Å². The van der Waals surface area contributed by atoms with Gasteiger partial charge in [-0.15, -0.1) is 0 Å². The molecular formula is C22H21N5O2. The number of benzene rings is 2. The zero-order valence-electron chi connectivity index (χ0n) is 16.0. The van der Waals surface area contributed by atoms with Crippen LogP contribution in [0.5, 0.6) is 5.75 Å². The van der Waals surface area contributed by atoms with Gasteiger partial charge < -0.3 is 10.1 Å². The predicted octanol–water partition coefficient (Wildman–Crippen LogP) is 4.00. The number of aromatic amines is 1. The first-order chi connectivity index (χ1) is 14.2. The molecule has 3 N–H and O–H groups in total. The van der Waals surface area contributed by atoms with Gasteiger partial charge in [-0.2, -0.15) is 5.10 Å². The number of fused-ring (bicyclic) bond motifs is 1. The minimum absolute atomic E-state index is 0.303. The molecule has 0 fully saturated rings. The molecule has 29 heavy (non-hydrogen) atoms. The van der Waals surface area contributed by atoms with Crippen LogP contribution < -0.4 is 15.4 Å². The molecule has 2 amide bonds. The Balaban J connectivity index is 1.44. The number of urea groups is 1. The first-order valence-electron chi connectivity index (χ1n) is 9.31. The van der Waals surface area contributed by atoms with Gasteiger partial charge in [0.15, 0.2) is 5.82 Å². The van der Waals surface area contributed by atoms with Crippen molar-refractivity contribution in [2.75, 3.05) is 19.0 Å². The van der Waals surface area contributed by atoms with E-state index in [0.717, 1.165) is 33.5 Å². The lowest BCUT2D eigenvalue weighted by molar-refractivity contribution is 0.252. The van der Waals surface area contributed by atoms with Gasteiger partial charge in [-0.05, 0) is 35.9 Å². The van der Waals surface area contributed by atoms with E-state index in [4.69, 9.17) is 4.74 Å². The number of para-hydroxylation sites is 1. The van der Waals surface area contributed by atoms with Crippen molar-refractivity contribution in [2.45, 2.75) is 6.42 Å². The summed E-state index contributed by atoms with van der Waals surface area (Å²) >= 11 is 0.